The van der Waals surface area contributed by atoms with Gasteiger partial charge in [0.1, 0.15) is 36.2 Å². The zero-order valence-electron chi connectivity index (χ0n) is 30.8. The van der Waals surface area contributed by atoms with E-state index >= 15 is 0 Å². The van der Waals surface area contributed by atoms with Crippen molar-refractivity contribution in [1.29, 1.82) is 0 Å². The fourth-order valence-electron chi connectivity index (χ4n) is 7.11. The summed E-state index contributed by atoms with van der Waals surface area (Å²) >= 11 is 6.37. The molecule has 2 heterocycles. The molecule has 12 heteroatoms. The summed E-state index contributed by atoms with van der Waals surface area (Å²) in [4.78, 5) is 43.0. The van der Waals surface area contributed by atoms with Crippen molar-refractivity contribution in [2.24, 2.45) is 0 Å². The van der Waals surface area contributed by atoms with Crippen LogP contribution >= 0.6 is 11.6 Å². The van der Waals surface area contributed by atoms with Gasteiger partial charge in [0, 0.05) is 56.2 Å². The first-order chi connectivity index (χ1) is 25.5. The van der Waals surface area contributed by atoms with Crippen molar-refractivity contribution in [2.75, 3.05) is 40.5 Å². The third kappa shape index (κ3) is 9.44. The van der Waals surface area contributed by atoms with Crippen molar-refractivity contribution in [3.05, 3.63) is 87.4 Å². The van der Waals surface area contributed by atoms with Crippen molar-refractivity contribution in [3.8, 4) is 23.0 Å². The van der Waals surface area contributed by atoms with Crippen LogP contribution < -0.4 is 24.3 Å². The molecule has 0 spiro atoms. The van der Waals surface area contributed by atoms with Crippen LogP contribution in [-0.2, 0) is 20.9 Å². The lowest BCUT2D eigenvalue weighted by Crippen LogP contribution is -2.62. The maximum absolute atomic E-state index is 14.9. The van der Waals surface area contributed by atoms with E-state index < -0.39 is 5.97 Å². The molecule has 2 fully saturated rings. The second kappa shape index (κ2) is 16.9. The van der Waals surface area contributed by atoms with Crippen LogP contribution in [0.4, 0.5) is 0 Å². The van der Waals surface area contributed by atoms with Gasteiger partial charge in [0.05, 0.1) is 25.3 Å². The maximum Gasteiger partial charge on any atom is 0.303 e. The smallest absolute Gasteiger partial charge is 0.303 e. The van der Waals surface area contributed by atoms with Gasteiger partial charge in [-0.15, -0.1) is 0 Å². The van der Waals surface area contributed by atoms with Crippen LogP contribution in [0.25, 0.3) is 5.57 Å². The molecule has 0 unspecified atom stereocenters. The fourth-order valence-corrected chi connectivity index (χ4v) is 7.38. The highest BCUT2D eigenvalue weighted by Crippen LogP contribution is 2.38. The number of rotatable bonds is 16. The number of carboxylic acid groups (broad SMARTS) is 1. The van der Waals surface area contributed by atoms with Crippen LogP contribution in [0.3, 0.4) is 0 Å². The molecule has 3 aliphatic rings. The Morgan fingerprint density at radius 2 is 1.57 bits per heavy atom. The van der Waals surface area contributed by atoms with E-state index in [4.69, 9.17) is 35.7 Å². The second-order valence-corrected chi connectivity index (χ2v) is 14.4. The van der Waals surface area contributed by atoms with Crippen LogP contribution in [0.2, 0.25) is 5.02 Å². The van der Waals surface area contributed by atoms with Gasteiger partial charge in [-0.1, -0.05) is 23.7 Å². The summed E-state index contributed by atoms with van der Waals surface area (Å²) in [5, 5.41) is 13.3. The van der Waals surface area contributed by atoms with Gasteiger partial charge in [0.2, 0.25) is 5.91 Å². The number of halogens is 1. The van der Waals surface area contributed by atoms with Gasteiger partial charge in [-0.3, -0.25) is 14.4 Å². The number of nitrogens with one attached hydrogen (secondary N) is 1. The standard InChI is InChI=1S/C41H48ClN3O8/c1-25-16-35(42)37(17-26(25)2)53-15-14-52-31-12-8-28(9-13-31)34-20-29-23-44(38(46)6-5-7-39(47)48)24-36(43-29)40(34)41(49)45(30-10-11-30)22-27-18-32(50-3)21-33(19-27)51-4/h8-9,12-13,16-19,21,29-30,36,43H,5-7,10-11,14-15,20,22-24H2,1-4H3,(H,47,48)/t29-,36-/m1/s1. The highest BCUT2D eigenvalue weighted by molar-refractivity contribution is 6.32. The Labute approximate surface area is 315 Å². The summed E-state index contributed by atoms with van der Waals surface area (Å²) in [5.74, 6) is 1.52. The van der Waals surface area contributed by atoms with E-state index in [0.29, 0.717) is 72.9 Å². The minimum absolute atomic E-state index is 0.0581. The van der Waals surface area contributed by atoms with Crippen molar-refractivity contribution >= 4 is 35.0 Å². The lowest BCUT2D eigenvalue weighted by molar-refractivity contribution is -0.138. The summed E-state index contributed by atoms with van der Waals surface area (Å²) in [6.45, 7) is 5.86. The molecule has 1 aliphatic carbocycles. The number of carbonyl (C=O) groups is 3. The molecule has 2 atom stereocenters. The monoisotopic (exact) mass is 745 g/mol. The number of benzene rings is 3. The van der Waals surface area contributed by atoms with Gasteiger partial charge in [-0.2, -0.15) is 0 Å². The first kappa shape index (κ1) is 38.0. The Kier molecular flexibility index (Phi) is 12.1. The van der Waals surface area contributed by atoms with Crippen LogP contribution in [0.1, 0.15) is 60.8 Å². The van der Waals surface area contributed by atoms with Crippen molar-refractivity contribution in [1.82, 2.24) is 15.1 Å². The summed E-state index contributed by atoms with van der Waals surface area (Å²) in [6, 6.07) is 16.9. The van der Waals surface area contributed by atoms with E-state index in [0.717, 1.165) is 40.7 Å². The number of aliphatic carboxylic acids is 1. The van der Waals surface area contributed by atoms with Gasteiger partial charge in [0.15, 0.2) is 0 Å². The number of hydrogen-bond acceptors (Lipinski definition) is 8. The van der Waals surface area contributed by atoms with Gasteiger partial charge < -0.3 is 39.2 Å². The van der Waals surface area contributed by atoms with Crippen LogP contribution in [0.5, 0.6) is 23.0 Å². The van der Waals surface area contributed by atoms with Crippen LogP contribution in [0, 0.1) is 13.8 Å². The molecular formula is C41H48ClN3O8. The van der Waals surface area contributed by atoms with Crippen molar-refractivity contribution < 1.29 is 38.4 Å². The van der Waals surface area contributed by atoms with E-state index in [2.05, 4.69) is 5.32 Å². The van der Waals surface area contributed by atoms with Gasteiger partial charge in [-0.25, -0.2) is 0 Å². The molecule has 11 nitrogen and oxygen atoms in total. The number of carbonyl (C=O) groups excluding carboxylic acids is 2. The Morgan fingerprint density at radius 1 is 0.887 bits per heavy atom. The number of aryl methyl sites for hydroxylation is 2. The normalized spacial score (nSPS) is 18.0. The Morgan fingerprint density at radius 3 is 2.23 bits per heavy atom. The number of carboxylic acids is 1. The summed E-state index contributed by atoms with van der Waals surface area (Å²) in [7, 11) is 3.21. The maximum atomic E-state index is 14.9. The van der Waals surface area contributed by atoms with Gasteiger partial charge in [0.25, 0.3) is 5.91 Å². The molecule has 6 rings (SSSR count). The quantitative estimate of drug-likeness (QED) is 0.165. The predicted molar refractivity (Wildman–Crippen MR) is 202 cm³/mol. The first-order valence-corrected chi connectivity index (χ1v) is 18.5. The molecule has 282 valence electrons. The largest absolute Gasteiger partial charge is 0.497 e. The Bertz CT molecular complexity index is 1840. The van der Waals surface area contributed by atoms with Crippen LogP contribution in [0.15, 0.2) is 60.2 Å². The van der Waals surface area contributed by atoms with E-state index in [1.807, 2.05) is 73.3 Å². The molecule has 1 saturated carbocycles. The molecule has 1 saturated heterocycles. The third-order valence-corrected chi connectivity index (χ3v) is 10.4. The first-order valence-electron chi connectivity index (χ1n) is 18.2. The molecule has 3 aromatic carbocycles. The zero-order chi connectivity index (χ0) is 37.6. The zero-order valence-corrected chi connectivity index (χ0v) is 31.5. The SMILES string of the molecule is COc1cc(CN(C(=O)C2=C(c3ccc(OCCOc4cc(C)c(C)cc4Cl)cc3)C[C@@H]3CN(C(=O)CCCC(=O)O)C[C@H]2N3)C2CC2)cc(OC)c1. The van der Waals surface area contributed by atoms with Crippen molar-refractivity contribution in [2.45, 2.75) is 77.0 Å². The van der Waals surface area contributed by atoms with Gasteiger partial charge >= 0.3 is 5.97 Å². The van der Waals surface area contributed by atoms with Crippen LogP contribution in [-0.4, -0.2) is 91.3 Å². The average molecular weight is 746 g/mol. The second-order valence-electron chi connectivity index (χ2n) is 14.0. The lowest BCUT2D eigenvalue weighted by Gasteiger charge is -2.45. The molecule has 53 heavy (non-hydrogen) atoms. The number of ether oxygens (including phenoxy) is 4. The summed E-state index contributed by atoms with van der Waals surface area (Å²) in [6.07, 6.45) is 2.75. The molecular weight excluding hydrogens is 698 g/mol. The van der Waals surface area contributed by atoms with Gasteiger partial charge in [-0.05, 0) is 104 Å². The summed E-state index contributed by atoms with van der Waals surface area (Å²) < 4.78 is 22.9. The highest BCUT2D eigenvalue weighted by atomic mass is 35.5. The minimum atomic E-state index is -0.920. The Hall–Kier alpha value is -4.74. The molecule has 3 aromatic rings. The number of methoxy groups -OCH3 is 2. The average Bonchev–Trinajstić information content (AvgIpc) is 3.99. The number of fused-ring (bicyclic) bond motifs is 2. The van der Waals surface area contributed by atoms with Crippen molar-refractivity contribution in [3.63, 3.8) is 0 Å². The number of piperazine rings is 1. The highest BCUT2D eigenvalue weighted by Gasteiger charge is 2.43. The van der Waals surface area contributed by atoms with E-state index in [9.17, 15) is 14.4 Å². The third-order valence-electron chi connectivity index (χ3n) is 10.1. The van der Waals surface area contributed by atoms with E-state index in [-0.39, 0.29) is 49.2 Å². The number of amides is 2. The van der Waals surface area contributed by atoms with E-state index in [1.54, 1.807) is 19.1 Å². The predicted octanol–water partition coefficient (Wildman–Crippen LogP) is 6.20. The van der Waals surface area contributed by atoms with E-state index in [1.165, 1.54) is 0 Å². The molecule has 0 aromatic heterocycles. The molecule has 2 bridgehead atoms. The minimum Gasteiger partial charge on any atom is -0.497 e. The molecule has 0 radical (unpaired) electrons. The molecule has 2 amide bonds. The summed E-state index contributed by atoms with van der Waals surface area (Å²) in [5.41, 5.74) is 5.64. The number of nitrogens with zero attached hydrogens (tertiary/aromatic N) is 2. The fraction of sp³-hybridized carbons (Fsp3) is 0.439. The lowest BCUT2D eigenvalue weighted by atomic mass is 9.82. The molecule has 2 N–H and O–H groups in total. The number of hydrogen-bond donors (Lipinski definition) is 2. The molecule has 2 aliphatic heterocycles. The topological polar surface area (TPSA) is 127 Å². The Balaban J connectivity index is 1.24.